The molecule has 1 saturated heterocycles. The Labute approximate surface area is 112 Å². The van der Waals surface area contributed by atoms with Gasteiger partial charge in [0.15, 0.2) is 0 Å². The highest BCUT2D eigenvalue weighted by Gasteiger charge is 2.44. The lowest BCUT2D eigenvalue weighted by atomic mass is 9.89. The minimum Gasteiger partial charge on any atom is -0.394 e. The van der Waals surface area contributed by atoms with Crippen molar-refractivity contribution in [2.75, 3.05) is 33.3 Å². The molecule has 1 saturated carbocycles. The third-order valence-corrected chi connectivity index (χ3v) is 5.05. The molecule has 3 nitrogen and oxygen atoms in total. The van der Waals surface area contributed by atoms with Gasteiger partial charge < -0.3 is 15.3 Å². The van der Waals surface area contributed by atoms with Crippen molar-refractivity contribution in [1.82, 2.24) is 10.2 Å². The molecule has 0 aromatic rings. The van der Waals surface area contributed by atoms with Crippen molar-refractivity contribution in [2.45, 2.75) is 51.0 Å². The molecule has 2 fully saturated rings. The van der Waals surface area contributed by atoms with Gasteiger partial charge in [-0.05, 0) is 57.7 Å². The molecule has 2 rings (SSSR count). The maximum atomic E-state index is 9.76. The third-order valence-electron chi connectivity index (χ3n) is 5.05. The van der Waals surface area contributed by atoms with Gasteiger partial charge in [0.25, 0.3) is 0 Å². The Bertz CT molecular complexity index is 241. The molecule has 2 aliphatic rings. The summed E-state index contributed by atoms with van der Waals surface area (Å²) in [6.45, 7) is 6.05. The summed E-state index contributed by atoms with van der Waals surface area (Å²) < 4.78 is 0. The van der Waals surface area contributed by atoms with Gasteiger partial charge in [-0.2, -0.15) is 0 Å². The van der Waals surface area contributed by atoms with Crippen molar-refractivity contribution in [1.29, 1.82) is 0 Å². The standard InChI is InChI=1S/C15H30N2O/c1-3-4-13-7-9-17(10-8-13)11-15(12-18,16-2)14-5-6-14/h13-14,16,18H,3-12H2,1-2H3. The fraction of sp³-hybridized carbons (Fsp3) is 1.00. The van der Waals surface area contributed by atoms with Gasteiger partial charge in [-0.1, -0.05) is 19.8 Å². The number of piperidine rings is 1. The van der Waals surface area contributed by atoms with E-state index in [-0.39, 0.29) is 12.1 Å². The first-order chi connectivity index (χ1) is 8.74. The van der Waals surface area contributed by atoms with E-state index in [0.717, 1.165) is 12.5 Å². The number of hydrogen-bond donors (Lipinski definition) is 2. The molecule has 0 amide bonds. The second-order valence-corrected chi connectivity index (χ2v) is 6.35. The summed E-state index contributed by atoms with van der Waals surface area (Å²) in [5, 5.41) is 13.2. The van der Waals surface area contributed by atoms with Crippen molar-refractivity contribution in [3.63, 3.8) is 0 Å². The van der Waals surface area contributed by atoms with Crippen LogP contribution in [-0.2, 0) is 0 Å². The van der Waals surface area contributed by atoms with Gasteiger partial charge >= 0.3 is 0 Å². The number of aliphatic hydroxyl groups excluding tert-OH is 1. The Balaban J connectivity index is 1.82. The molecule has 0 aromatic heterocycles. The number of likely N-dealkylation sites (tertiary alicyclic amines) is 1. The Morgan fingerprint density at radius 3 is 2.33 bits per heavy atom. The molecule has 106 valence electrons. The van der Waals surface area contributed by atoms with Crippen LogP contribution in [0.5, 0.6) is 0 Å². The molecule has 0 bridgehead atoms. The molecular weight excluding hydrogens is 224 g/mol. The molecule has 1 atom stereocenters. The lowest BCUT2D eigenvalue weighted by Crippen LogP contribution is -2.57. The Hall–Kier alpha value is -0.120. The second kappa shape index (κ2) is 6.36. The van der Waals surface area contributed by atoms with E-state index in [9.17, 15) is 5.11 Å². The van der Waals surface area contributed by atoms with Crippen molar-refractivity contribution < 1.29 is 5.11 Å². The number of nitrogens with one attached hydrogen (secondary N) is 1. The van der Waals surface area contributed by atoms with Crippen molar-refractivity contribution in [3.8, 4) is 0 Å². The molecule has 0 radical (unpaired) electrons. The van der Waals surface area contributed by atoms with Gasteiger partial charge in [0, 0.05) is 6.54 Å². The van der Waals surface area contributed by atoms with Crippen LogP contribution in [0.15, 0.2) is 0 Å². The zero-order valence-electron chi connectivity index (χ0n) is 12.1. The minimum atomic E-state index is -0.0302. The Kier molecular flexibility index (Phi) is 5.05. The number of aliphatic hydroxyl groups is 1. The lowest BCUT2D eigenvalue weighted by Gasteiger charge is -2.40. The summed E-state index contributed by atoms with van der Waals surface area (Å²) in [5.41, 5.74) is -0.0302. The largest absolute Gasteiger partial charge is 0.394 e. The van der Waals surface area contributed by atoms with E-state index in [2.05, 4.69) is 17.1 Å². The maximum Gasteiger partial charge on any atom is 0.0628 e. The van der Waals surface area contributed by atoms with Crippen LogP contribution in [-0.4, -0.2) is 48.8 Å². The Morgan fingerprint density at radius 1 is 1.22 bits per heavy atom. The third kappa shape index (κ3) is 3.25. The van der Waals surface area contributed by atoms with E-state index in [0.29, 0.717) is 5.92 Å². The van der Waals surface area contributed by atoms with Gasteiger partial charge in [0.2, 0.25) is 0 Å². The van der Waals surface area contributed by atoms with E-state index in [4.69, 9.17) is 0 Å². The molecule has 1 aliphatic heterocycles. The van der Waals surface area contributed by atoms with E-state index >= 15 is 0 Å². The predicted molar refractivity (Wildman–Crippen MR) is 75.7 cm³/mol. The summed E-state index contributed by atoms with van der Waals surface area (Å²) in [6.07, 6.45) is 7.99. The summed E-state index contributed by atoms with van der Waals surface area (Å²) >= 11 is 0. The van der Waals surface area contributed by atoms with Crippen LogP contribution in [0.2, 0.25) is 0 Å². The highest BCUT2D eigenvalue weighted by molar-refractivity contribution is 5.02. The van der Waals surface area contributed by atoms with Crippen LogP contribution >= 0.6 is 0 Å². The fourth-order valence-corrected chi connectivity index (χ4v) is 3.55. The predicted octanol–water partition coefficient (Wildman–Crippen LogP) is 1.86. The summed E-state index contributed by atoms with van der Waals surface area (Å²) in [7, 11) is 2.01. The molecule has 0 aromatic carbocycles. The normalized spacial score (nSPS) is 26.2. The topological polar surface area (TPSA) is 35.5 Å². The molecule has 18 heavy (non-hydrogen) atoms. The van der Waals surface area contributed by atoms with Gasteiger partial charge in [0.1, 0.15) is 0 Å². The van der Waals surface area contributed by atoms with Crippen LogP contribution < -0.4 is 5.32 Å². The van der Waals surface area contributed by atoms with E-state index in [1.54, 1.807) is 0 Å². The first-order valence-electron chi connectivity index (χ1n) is 7.76. The smallest absolute Gasteiger partial charge is 0.0628 e. The maximum absolute atomic E-state index is 9.76. The van der Waals surface area contributed by atoms with Crippen LogP contribution in [0.3, 0.4) is 0 Å². The zero-order valence-corrected chi connectivity index (χ0v) is 12.1. The Morgan fingerprint density at radius 2 is 1.89 bits per heavy atom. The van der Waals surface area contributed by atoms with E-state index in [1.807, 2.05) is 7.05 Å². The average Bonchev–Trinajstić information content (AvgIpc) is 3.23. The van der Waals surface area contributed by atoms with Crippen LogP contribution in [0.1, 0.15) is 45.4 Å². The van der Waals surface area contributed by atoms with Crippen molar-refractivity contribution in [2.24, 2.45) is 11.8 Å². The quantitative estimate of drug-likeness (QED) is 0.728. The van der Waals surface area contributed by atoms with E-state index in [1.165, 1.54) is 51.6 Å². The van der Waals surface area contributed by atoms with Gasteiger partial charge in [-0.3, -0.25) is 0 Å². The summed E-state index contributed by atoms with van der Waals surface area (Å²) in [5.74, 6) is 1.64. The summed E-state index contributed by atoms with van der Waals surface area (Å²) in [4.78, 5) is 2.57. The monoisotopic (exact) mass is 254 g/mol. The van der Waals surface area contributed by atoms with Crippen LogP contribution in [0.25, 0.3) is 0 Å². The SMILES string of the molecule is CCCC1CCN(CC(CO)(NC)C2CC2)CC1. The highest BCUT2D eigenvalue weighted by Crippen LogP contribution is 2.40. The molecule has 0 spiro atoms. The molecule has 2 N–H and O–H groups in total. The molecular formula is C15H30N2O. The van der Waals surface area contributed by atoms with Crippen LogP contribution in [0, 0.1) is 11.8 Å². The average molecular weight is 254 g/mol. The lowest BCUT2D eigenvalue weighted by molar-refractivity contribution is 0.0765. The number of nitrogens with zero attached hydrogens (tertiary/aromatic N) is 1. The van der Waals surface area contributed by atoms with Crippen LogP contribution in [0.4, 0.5) is 0 Å². The van der Waals surface area contributed by atoms with Crippen molar-refractivity contribution in [3.05, 3.63) is 0 Å². The molecule has 1 unspecified atom stereocenters. The molecule has 3 heteroatoms. The first-order valence-corrected chi connectivity index (χ1v) is 7.76. The second-order valence-electron chi connectivity index (χ2n) is 6.35. The summed E-state index contributed by atoms with van der Waals surface area (Å²) in [6, 6.07) is 0. The van der Waals surface area contributed by atoms with Crippen molar-refractivity contribution >= 4 is 0 Å². The van der Waals surface area contributed by atoms with Gasteiger partial charge in [-0.25, -0.2) is 0 Å². The van der Waals surface area contributed by atoms with E-state index < -0.39 is 0 Å². The number of likely N-dealkylation sites (N-methyl/N-ethyl adjacent to an activating group) is 1. The van der Waals surface area contributed by atoms with Gasteiger partial charge in [-0.15, -0.1) is 0 Å². The zero-order chi connectivity index (χ0) is 13.0. The van der Waals surface area contributed by atoms with Gasteiger partial charge in [0.05, 0.1) is 12.1 Å². The number of rotatable bonds is 7. The minimum absolute atomic E-state index is 0.0302. The molecule has 1 heterocycles. The highest BCUT2D eigenvalue weighted by atomic mass is 16.3. The first kappa shape index (κ1) is 14.3. The number of hydrogen-bond acceptors (Lipinski definition) is 3. The fourth-order valence-electron chi connectivity index (χ4n) is 3.55. The molecule has 1 aliphatic carbocycles.